The first kappa shape index (κ1) is 18.4. The van der Waals surface area contributed by atoms with Crippen LogP contribution in [0.3, 0.4) is 0 Å². The monoisotopic (exact) mass is 394 g/mol. The van der Waals surface area contributed by atoms with Gasteiger partial charge in [-0.2, -0.15) is 0 Å². The summed E-state index contributed by atoms with van der Waals surface area (Å²) in [6.07, 6.45) is 0.938. The molecular formula is C21H22N4O2S. The molecular weight excluding hydrogens is 372 g/mol. The van der Waals surface area contributed by atoms with Crippen LogP contribution in [-0.4, -0.2) is 27.1 Å². The Hall–Kier alpha value is -2.93. The Morgan fingerprint density at radius 2 is 1.96 bits per heavy atom. The van der Waals surface area contributed by atoms with E-state index >= 15 is 0 Å². The highest BCUT2D eigenvalue weighted by Gasteiger charge is 2.25. The van der Waals surface area contributed by atoms with Gasteiger partial charge in [-0.15, -0.1) is 11.3 Å². The van der Waals surface area contributed by atoms with Gasteiger partial charge in [0.25, 0.3) is 0 Å². The zero-order valence-electron chi connectivity index (χ0n) is 15.9. The molecule has 1 aromatic carbocycles. The highest BCUT2D eigenvalue weighted by molar-refractivity contribution is 7.09. The van der Waals surface area contributed by atoms with Gasteiger partial charge in [0.05, 0.1) is 24.2 Å². The van der Waals surface area contributed by atoms with Crippen LogP contribution < -0.4 is 5.73 Å². The Bertz CT molecular complexity index is 1130. The minimum atomic E-state index is -0.447. The van der Waals surface area contributed by atoms with Gasteiger partial charge >= 0.3 is 5.97 Å². The first-order valence-electron chi connectivity index (χ1n) is 9.32. The summed E-state index contributed by atoms with van der Waals surface area (Å²) in [6.45, 7) is 5.00. The van der Waals surface area contributed by atoms with Crippen molar-refractivity contribution < 1.29 is 9.53 Å². The molecule has 0 aliphatic heterocycles. The summed E-state index contributed by atoms with van der Waals surface area (Å²) in [5.74, 6) is 0.182. The molecule has 1 atom stereocenters. The van der Waals surface area contributed by atoms with Crippen LogP contribution in [0.15, 0.2) is 41.8 Å². The third-order valence-corrected chi connectivity index (χ3v) is 5.75. The molecule has 144 valence electrons. The van der Waals surface area contributed by atoms with Crippen molar-refractivity contribution in [3.05, 3.63) is 52.2 Å². The van der Waals surface area contributed by atoms with Gasteiger partial charge in [-0.1, -0.05) is 38.5 Å². The van der Waals surface area contributed by atoms with E-state index in [0.717, 1.165) is 22.3 Å². The van der Waals surface area contributed by atoms with Crippen molar-refractivity contribution >= 4 is 45.3 Å². The molecule has 3 aromatic heterocycles. The molecule has 0 fully saturated rings. The standard InChI is InChI=1S/C21H22N4O2S/c1-3-13(2)12-27-21(26)17-18-20(24-16-9-5-4-8-15(16)23-18)25(19(17)22)11-14-7-6-10-28-14/h4-10,13H,3,11-12,22H2,1-2H3/t13-/m1/s1. The van der Waals surface area contributed by atoms with Crippen molar-refractivity contribution in [1.82, 2.24) is 14.5 Å². The zero-order chi connectivity index (χ0) is 19.7. The van der Waals surface area contributed by atoms with Gasteiger partial charge in [0.2, 0.25) is 0 Å². The molecule has 3 heterocycles. The quantitative estimate of drug-likeness (QED) is 0.488. The van der Waals surface area contributed by atoms with Gasteiger partial charge in [0, 0.05) is 4.88 Å². The maximum absolute atomic E-state index is 12.9. The molecule has 0 saturated carbocycles. The van der Waals surface area contributed by atoms with Crippen molar-refractivity contribution in [2.24, 2.45) is 5.92 Å². The van der Waals surface area contributed by atoms with Gasteiger partial charge in [0.15, 0.2) is 5.65 Å². The number of hydrogen-bond donors (Lipinski definition) is 1. The van der Waals surface area contributed by atoms with E-state index in [1.54, 1.807) is 11.3 Å². The lowest BCUT2D eigenvalue weighted by Gasteiger charge is -2.10. The SMILES string of the molecule is CC[C@@H](C)COC(=O)c1c(N)n(Cc2cccs2)c2nc3ccccc3nc12. The number of esters is 1. The lowest BCUT2D eigenvalue weighted by molar-refractivity contribution is 0.0450. The van der Waals surface area contributed by atoms with E-state index in [-0.39, 0.29) is 5.92 Å². The van der Waals surface area contributed by atoms with Crippen LogP contribution in [0, 0.1) is 5.92 Å². The normalized spacial score (nSPS) is 12.5. The number of aromatic nitrogens is 3. The van der Waals surface area contributed by atoms with Crippen molar-refractivity contribution in [3.8, 4) is 0 Å². The van der Waals surface area contributed by atoms with E-state index in [9.17, 15) is 4.79 Å². The second-order valence-electron chi connectivity index (χ2n) is 6.92. The number of nitrogen functional groups attached to an aromatic ring is 1. The second kappa shape index (κ2) is 7.59. The molecule has 0 spiro atoms. The van der Waals surface area contributed by atoms with Crippen LogP contribution in [0.2, 0.25) is 0 Å². The number of anilines is 1. The van der Waals surface area contributed by atoms with Gasteiger partial charge in [0.1, 0.15) is 16.9 Å². The lowest BCUT2D eigenvalue weighted by atomic mass is 10.1. The fraction of sp³-hybridized carbons (Fsp3) is 0.286. The molecule has 28 heavy (non-hydrogen) atoms. The Balaban J connectivity index is 1.86. The third-order valence-electron chi connectivity index (χ3n) is 4.89. The summed E-state index contributed by atoms with van der Waals surface area (Å²) in [7, 11) is 0. The van der Waals surface area contributed by atoms with Crippen molar-refractivity contribution in [1.29, 1.82) is 0 Å². The molecule has 0 amide bonds. The molecule has 0 unspecified atom stereocenters. The number of hydrogen-bond acceptors (Lipinski definition) is 6. The molecule has 2 N–H and O–H groups in total. The molecule has 0 aliphatic carbocycles. The summed E-state index contributed by atoms with van der Waals surface area (Å²) in [5, 5.41) is 2.01. The molecule has 0 bridgehead atoms. The van der Waals surface area contributed by atoms with E-state index in [2.05, 4.69) is 6.92 Å². The van der Waals surface area contributed by atoms with Gasteiger partial charge in [-0.25, -0.2) is 14.8 Å². The van der Waals surface area contributed by atoms with Crippen LogP contribution in [0.1, 0.15) is 35.5 Å². The van der Waals surface area contributed by atoms with Crippen LogP contribution in [0.5, 0.6) is 0 Å². The number of carbonyl (C=O) groups is 1. The Kier molecular flexibility index (Phi) is 5.00. The van der Waals surface area contributed by atoms with Crippen LogP contribution in [-0.2, 0) is 11.3 Å². The third kappa shape index (κ3) is 3.33. The number of para-hydroxylation sites is 2. The molecule has 0 saturated heterocycles. The van der Waals surface area contributed by atoms with E-state index < -0.39 is 5.97 Å². The van der Waals surface area contributed by atoms with E-state index in [0.29, 0.717) is 35.7 Å². The lowest BCUT2D eigenvalue weighted by Crippen LogP contribution is -2.14. The van der Waals surface area contributed by atoms with Gasteiger partial charge < -0.3 is 15.0 Å². The fourth-order valence-corrected chi connectivity index (χ4v) is 3.74. The molecule has 6 nitrogen and oxygen atoms in total. The number of thiophene rings is 1. The molecule has 0 aliphatic rings. The number of nitrogens with zero attached hydrogens (tertiary/aromatic N) is 3. The molecule has 7 heteroatoms. The van der Waals surface area contributed by atoms with Crippen LogP contribution in [0.25, 0.3) is 22.2 Å². The predicted octanol–water partition coefficient (Wildman–Crippen LogP) is 4.48. The largest absolute Gasteiger partial charge is 0.462 e. The van der Waals surface area contributed by atoms with Crippen molar-refractivity contribution in [3.63, 3.8) is 0 Å². The van der Waals surface area contributed by atoms with Crippen molar-refractivity contribution in [2.75, 3.05) is 12.3 Å². The number of benzene rings is 1. The highest BCUT2D eigenvalue weighted by atomic mass is 32.1. The number of nitrogens with two attached hydrogens (primary N) is 1. The first-order chi connectivity index (χ1) is 13.6. The number of carbonyl (C=O) groups excluding carboxylic acids is 1. The average Bonchev–Trinajstić information content (AvgIpc) is 3.31. The Morgan fingerprint density at radius 1 is 1.21 bits per heavy atom. The summed E-state index contributed by atoms with van der Waals surface area (Å²) in [5.41, 5.74) is 9.29. The first-order valence-corrected chi connectivity index (χ1v) is 10.2. The molecule has 4 aromatic rings. The number of rotatable bonds is 6. The van der Waals surface area contributed by atoms with E-state index in [1.165, 1.54) is 0 Å². The average molecular weight is 395 g/mol. The predicted molar refractivity (Wildman–Crippen MR) is 113 cm³/mol. The second-order valence-corrected chi connectivity index (χ2v) is 7.95. The maximum Gasteiger partial charge on any atom is 0.344 e. The summed E-state index contributed by atoms with van der Waals surface area (Å²) < 4.78 is 7.38. The van der Waals surface area contributed by atoms with Crippen molar-refractivity contribution in [2.45, 2.75) is 26.8 Å². The zero-order valence-corrected chi connectivity index (χ0v) is 16.7. The number of fused-ring (bicyclic) bond motifs is 2. The minimum absolute atomic E-state index is 0.288. The summed E-state index contributed by atoms with van der Waals surface area (Å²) in [4.78, 5) is 23.4. The molecule has 4 rings (SSSR count). The number of ether oxygens (including phenoxy) is 1. The van der Waals surface area contributed by atoms with Crippen LogP contribution >= 0.6 is 11.3 Å². The fourth-order valence-electron chi connectivity index (χ4n) is 3.04. The van der Waals surface area contributed by atoms with Gasteiger partial charge in [-0.3, -0.25) is 0 Å². The summed E-state index contributed by atoms with van der Waals surface area (Å²) >= 11 is 1.63. The van der Waals surface area contributed by atoms with Crippen LogP contribution in [0.4, 0.5) is 5.82 Å². The molecule has 0 radical (unpaired) electrons. The smallest absolute Gasteiger partial charge is 0.344 e. The Labute approximate surface area is 167 Å². The highest BCUT2D eigenvalue weighted by Crippen LogP contribution is 2.30. The van der Waals surface area contributed by atoms with Gasteiger partial charge in [-0.05, 0) is 29.5 Å². The maximum atomic E-state index is 12.9. The Morgan fingerprint density at radius 3 is 2.64 bits per heavy atom. The summed E-state index contributed by atoms with van der Waals surface area (Å²) in [6, 6.07) is 11.6. The minimum Gasteiger partial charge on any atom is -0.462 e. The topological polar surface area (TPSA) is 83.0 Å². The van der Waals surface area contributed by atoms with E-state index in [4.69, 9.17) is 20.4 Å². The van der Waals surface area contributed by atoms with E-state index in [1.807, 2.05) is 53.3 Å².